The molecule has 3 N–H and O–H groups in total. The number of nitrogens with zero attached hydrogens (tertiary/aromatic N) is 1. The fourth-order valence-corrected chi connectivity index (χ4v) is 1.70. The Morgan fingerprint density at radius 1 is 1.36 bits per heavy atom. The standard InChI is InChI=1S/C10H17N2O5P.C3H8O/c1-3-8(6-16-18-15)17-7(2)12-5-4-9(13)11-10(12)14;1-3(2)4/h4-5,7-8,15,18H,3,6H2,1-2H3,(H,11,13,14);3-4H,1-2H3. The van der Waals surface area contributed by atoms with E-state index in [9.17, 15) is 9.59 Å². The molecule has 1 heterocycles. The number of hydrogen-bond donors (Lipinski definition) is 3. The highest BCUT2D eigenvalue weighted by atomic mass is 31.1. The van der Waals surface area contributed by atoms with Crippen LogP contribution in [0.4, 0.5) is 0 Å². The zero-order valence-electron chi connectivity index (χ0n) is 13.3. The lowest BCUT2D eigenvalue weighted by Crippen LogP contribution is -2.33. The molecule has 0 amide bonds. The van der Waals surface area contributed by atoms with E-state index < -0.39 is 26.5 Å². The Hall–Kier alpha value is -1.05. The number of aromatic nitrogens is 2. The van der Waals surface area contributed by atoms with Gasteiger partial charge in [-0.3, -0.25) is 14.3 Å². The Bertz CT molecular complexity index is 513. The van der Waals surface area contributed by atoms with Crippen LogP contribution in [0.15, 0.2) is 21.9 Å². The number of H-pyrrole nitrogens is 1. The van der Waals surface area contributed by atoms with Crippen LogP contribution in [0.1, 0.15) is 40.3 Å². The Morgan fingerprint density at radius 3 is 2.41 bits per heavy atom. The third kappa shape index (κ3) is 9.07. The topological polar surface area (TPSA) is 114 Å². The molecule has 0 fully saturated rings. The SMILES string of the molecule is CC(C)O.CCC(COPO)OC(C)n1ccc(=O)[nH]c1=O. The van der Waals surface area contributed by atoms with Gasteiger partial charge < -0.3 is 19.3 Å². The number of rotatable bonds is 7. The second-order valence-corrected chi connectivity index (χ2v) is 5.25. The minimum atomic E-state index is -0.583. The molecule has 0 aromatic carbocycles. The summed E-state index contributed by atoms with van der Waals surface area (Å²) in [7, 11) is -0.583. The van der Waals surface area contributed by atoms with Gasteiger partial charge >= 0.3 is 5.69 Å². The second kappa shape index (κ2) is 11.5. The van der Waals surface area contributed by atoms with Gasteiger partial charge in [0.25, 0.3) is 5.56 Å². The summed E-state index contributed by atoms with van der Waals surface area (Å²) in [5.74, 6) is 0. The van der Waals surface area contributed by atoms with Crippen molar-refractivity contribution in [3.8, 4) is 0 Å². The largest absolute Gasteiger partial charge is 0.394 e. The van der Waals surface area contributed by atoms with Gasteiger partial charge in [0.15, 0.2) is 9.03 Å². The van der Waals surface area contributed by atoms with Crippen molar-refractivity contribution in [2.45, 2.75) is 52.6 Å². The van der Waals surface area contributed by atoms with Gasteiger partial charge in [-0.1, -0.05) is 6.92 Å². The van der Waals surface area contributed by atoms with E-state index in [1.807, 2.05) is 6.92 Å². The smallest absolute Gasteiger partial charge is 0.330 e. The number of ether oxygens (including phenoxy) is 1. The summed E-state index contributed by atoms with van der Waals surface area (Å²) in [6, 6.07) is 1.26. The van der Waals surface area contributed by atoms with Gasteiger partial charge in [0, 0.05) is 18.4 Å². The molecule has 0 bridgehead atoms. The fourth-order valence-electron chi connectivity index (χ4n) is 1.44. The van der Waals surface area contributed by atoms with Gasteiger partial charge in [-0.2, -0.15) is 0 Å². The lowest BCUT2D eigenvalue weighted by molar-refractivity contribution is -0.0631. The van der Waals surface area contributed by atoms with Crippen molar-refractivity contribution in [2.24, 2.45) is 0 Å². The van der Waals surface area contributed by atoms with E-state index in [2.05, 4.69) is 4.98 Å². The average Bonchev–Trinajstić information content (AvgIpc) is 2.42. The van der Waals surface area contributed by atoms with Gasteiger partial charge in [0.1, 0.15) is 6.23 Å². The molecule has 1 aromatic heterocycles. The lowest BCUT2D eigenvalue weighted by Gasteiger charge is -2.22. The Labute approximate surface area is 131 Å². The third-order valence-corrected chi connectivity index (χ3v) is 2.72. The minimum absolute atomic E-state index is 0.167. The van der Waals surface area contributed by atoms with Crippen LogP contribution in [0.25, 0.3) is 0 Å². The van der Waals surface area contributed by atoms with Crippen molar-refractivity contribution in [1.29, 1.82) is 0 Å². The summed E-state index contributed by atoms with van der Waals surface area (Å²) in [4.78, 5) is 33.2. The molecule has 128 valence electrons. The molecule has 9 heteroatoms. The fraction of sp³-hybridized carbons (Fsp3) is 0.692. The number of aromatic amines is 1. The maximum absolute atomic E-state index is 11.5. The number of nitrogens with one attached hydrogen (secondary N) is 1. The summed E-state index contributed by atoms with van der Waals surface area (Å²) >= 11 is 0. The Balaban J connectivity index is 0.000000980. The molecule has 0 aliphatic heterocycles. The van der Waals surface area contributed by atoms with E-state index >= 15 is 0 Å². The van der Waals surface area contributed by atoms with Gasteiger partial charge in [-0.15, -0.1) is 0 Å². The molecule has 3 atom stereocenters. The van der Waals surface area contributed by atoms with E-state index in [4.69, 9.17) is 19.3 Å². The predicted octanol–water partition coefficient (Wildman–Crippen LogP) is 0.755. The van der Waals surface area contributed by atoms with Crippen LogP contribution < -0.4 is 11.2 Å². The number of hydrogen-bond acceptors (Lipinski definition) is 6. The maximum Gasteiger partial charge on any atom is 0.330 e. The first kappa shape index (κ1) is 20.9. The summed E-state index contributed by atoms with van der Waals surface area (Å²) < 4.78 is 11.8. The van der Waals surface area contributed by atoms with E-state index in [1.165, 1.54) is 16.8 Å². The molecule has 1 aromatic rings. The van der Waals surface area contributed by atoms with E-state index in [0.717, 1.165) is 0 Å². The first-order valence-electron chi connectivity index (χ1n) is 6.97. The van der Waals surface area contributed by atoms with E-state index in [1.54, 1.807) is 20.8 Å². The zero-order chi connectivity index (χ0) is 17.1. The van der Waals surface area contributed by atoms with Crippen molar-refractivity contribution in [1.82, 2.24) is 9.55 Å². The average molecular weight is 336 g/mol. The highest BCUT2D eigenvalue weighted by molar-refractivity contribution is 7.24. The second-order valence-electron chi connectivity index (χ2n) is 4.78. The molecule has 3 unspecified atom stereocenters. The summed E-state index contributed by atoms with van der Waals surface area (Å²) in [6.07, 6.45) is 1.16. The normalized spacial score (nSPS) is 14.0. The summed E-state index contributed by atoms with van der Waals surface area (Å²) in [5.41, 5.74) is -0.963. The first-order valence-corrected chi connectivity index (χ1v) is 7.83. The maximum atomic E-state index is 11.5. The highest BCUT2D eigenvalue weighted by Crippen LogP contribution is 2.13. The molecule has 0 aliphatic rings. The van der Waals surface area contributed by atoms with Crippen LogP contribution in [0, 0.1) is 0 Å². The molecular formula is C13H25N2O6P. The quantitative estimate of drug-likeness (QED) is 0.633. The van der Waals surface area contributed by atoms with Gasteiger partial charge in [-0.05, 0) is 27.2 Å². The van der Waals surface area contributed by atoms with Crippen LogP contribution in [-0.4, -0.2) is 38.4 Å². The zero-order valence-corrected chi connectivity index (χ0v) is 14.3. The van der Waals surface area contributed by atoms with Crippen molar-refractivity contribution < 1.29 is 19.3 Å². The van der Waals surface area contributed by atoms with Crippen LogP contribution in [0.2, 0.25) is 0 Å². The molecule has 0 saturated heterocycles. The first-order chi connectivity index (χ1) is 10.3. The Morgan fingerprint density at radius 2 is 1.95 bits per heavy atom. The minimum Gasteiger partial charge on any atom is -0.394 e. The molecule has 0 aliphatic carbocycles. The monoisotopic (exact) mass is 336 g/mol. The summed E-state index contributed by atoms with van der Waals surface area (Å²) in [6.45, 7) is 7.31. The summed E-state index contributed by atoms with van der Waals surface area (Å²) in [5, 5.41) is 8.06. The van der Waals surface area contributed by atoms with Crippen molar-refractivity contribution in [3.05, 3.63) is 33.1 Å². The van der Waals surface area contributed by atoms with Crippen molar-refractivity contribution >= 4 is 9.03 Å². The molecule has 1 rings (SSSR count). The molecular weight excluding hydrogens is 311 g/mol. The van der Waals surface area contributed by atoms with E-state index in [-0.39, 0.29) is 18.8 Å². The Kier molecular flexibility index (Phi) is 11.0. The van der Waals surface area contributed by atoms with Crippen LogP contribution in [-0.2, 0) is 9.26 Å². The third-order valence-electron chi connectivity index (χ3n) is 2.42. The van der Waals surface area contributed by atoms with Crippen LogP contribution in [0.3, 0.4) is 0 Å². The van der Waals surface area contributed by atoms with Crippen LogP contribution >= 0.6 is 9.03 Å². The lowest BCUT2D eigenvalue weighted by atomic mass is 10.3. The molecule has 8 nitrogen and oxygen atoms in total. The van der Waals surface area contributed by atoms with Gasteiger partial charge in [0.2, 0.25) is 0 Å². The predicted molar refractivity (Wildman–Crippen MR) is 85.0 cm³/mol. The number of aliphatic hydroxyl groups is 1. The van der Waals surface area contributed by atoms with E-state index in [0.29, 0.717) is 6.42 Å². The molecule has 0 saturated carbocycles. The van der Waals surface area contributed by atoms with Crippen molar-refractivity contribution in [3.63, 3.8) is 0 Å². The van der Waals surface area contributed by atoms with Crippen LogP contribution in [0.5, 0.6) is 0 Å². The molecule has 0 spiro atoms. The van der Waals surface area contributed by atoms with Gasteiger partial charge in [-0.25, -0.2) is 4.79 Å². The van der Waals surface area contributed by atoms with Gasteiger partial charge in [0.05, 0.1) is 12.7 Å². The van der Waals surface area contributed by atoms with Crippen molar-refractivity contribution in [2.75, 3.05) is 6.61 Å². The molecule has 0 radical (unpaired) electrons. The molecule has 22 heavy (non-hydrogen) atoms. The highest BCUT2D eigenvalue weighted by Gasteiger charge is 2.14. The number of aliphatic hydroxyl groups excluding tert-OH is 1.